The van der Waals surface area contributed by atoms with E-state index >= 15 is 0 Å². The van der Waals surface area contributed by atoms with E-state index in [-0.39, 0.29) is 11.7 Å². The summed E-state index contributed by atoms with van der Waals surface area (Å²) < 4.78 is 11.0. The van der Waals surface area contributed by atoms with Crippen molar-refractivity contribution in [2.45, 2.75) is 36.9 Å². The summed E-state index contributed by atoms with van der Waals surface area (Å²) in [5.41, 5.74) is 1.84. The number of furan rings is 1. The van der Waals surface area contributed by atoms with Crippen LogP contribution in [0.1, 0.15) is 40.4 Å². The molecule has 0 unspecified atom stereocenters. The first-order valence-electron chi connectivity index (χ1n) is 10.2. The first-order chi connectivity index (χ1) is 15.2. The molecule has 1 fully saturated rings. The lowest BCUT2D eigenvalue weighted by atomic mass is 10.2. The lowest BCUT2D eigenvalue weighted by molar-refractivity contribution is 0.0921. The highest BCUT2D eigenvalue weighted by atomic mass is 32.2. The van der Waals surface area contributed by atoms with Crippen molar-refractivity contribution in [2.75, 3.05) is 25.1 Å². The fourth-order valence-corrected chi connectivity index (χ4v) is 4.10. The van der Waals surface area contributed by atoms with Crippen molar-refractivity contribution in [1.82, 2.24) is 20.3 Å². The summed E-state index contributed by atoms with van der Waals surface area (Å²) in [6.07, 6.45) is 5.76. The average molecular weight is 440 g/mol. The zero-order chi connectivity index (χ0) is 21.5. The van der Waals surface area contributed by atoms with Crippen LogP contribution in [0.15, 0.2) is 52.3 Å². The van der Waals surface area contributed by atoms with Gasteiger partial charge in [-0.1, -0.05) is 11.8 Å². The van der Waals surface area contributed by atoms with Gasteiger partial charge in [0, 0.05) is 45.2 Å². The summed E-state index contributed by atoms with van der Waals surface area (Å²) in [6.45, 7) is 2.90. The lowest BCUT2D eigenvalue weighted by Gasteiger charge is -2.17. The molecule has 3 aromatic heterocycles. The van der Waals surface area contributed by atoms with Crippen LogP contribution in [-0.4, -0.2) is 41.1 Å². The Morgan fingerprint density at radius 1 is 1.19 bits per heavy atom. The Morgan fingerprint density at radius 2 is 2.00 bits per heavy atom. The largest absolute Gasteiger partial charge is 0.455 e. The standard InChI is InChI=1S/C22H25N5O3S/c1-29-14-17-12-20(27-10-2-3-11-27)26-22(25-17)31-15-18-4-5-19(30-18)21(28)24-13-16-6-8-23-9-7-16/h4-9,12H,2-3,10-11,13-15H2,1H3,(H,24,28). The molecule has 1 aliphatic heterocycles. The van der Waals surface area contributed by atoms with Crippen molar-refractivity contribution in [3.8, 4) is 0 Å². The Kier molecular flexibility index (Phi) is 7.16. The topological polar surface area (TPSA) is 93.4 Å². The monoisotopic (exact) mass is 439 g/mol. The number of ether oxygens (including phenoxy) is 1. The number of amides is 1. The molecule has 0 saturated carbocycles. The highest BCUT2D eigenvalue weighted by Crippen LogP contribution is 2.26. The lowest BCUT2D eigenvalue weighted by Crippen LogP contribution is -2.22. The van der Waals surface area contributed by atoms with Crippen LogP contribution in [0, 0.1) is 0 Å². The van der Waals surface area contributed by atoms with E-state index in [2.05, 4.69) is 20.2 Å². The summed E-state index contributed by atoms with van der Waals surface area (Å²) in [6, 6.07) is 9.22. The van der Waals surface area contributed by atoms with E-state index in [0.717, 1.165) is 30.2 Å². The SMILES string of the molecule is COCc1cc(N2CCCC2)nc(SCc2ccc(C(=O)NCc3ccncc3)o2)n1. The molecule has 8 nitrogen and oxygen atoms in total. The minimum atomic E-state index is -0.247. The predicted octanol–water partition coefficient (Wildman–Crippen LogP) is 3.43. The number of methoxy groups -OCH3 is 1. The van der Waals surface area contributed by atoms with Crippen LogP contribution in [0.3, 0.4) is 0 Å². The highest BCUT2D eigenvalue weighted by molar-refractivity contribution is 7.98. The van der Waals surface area contributed by atoms with Gasteiger partial charge in [0.2, 0.25) is 0 Å². The molecule has 4 rings (SSSR count). The van der Waals surface area contributed by atoms with Gasteiger partial charge in [0.15, 0.2) is 10.9 Å². The molecule has 1 aliphatic rings. The Balaban J connectivity index is 1.37. The Morgan fingerprint density at radius 3 is 2.77 bits per heavy atom. The summed E-state index contributed by atoms with van der Waals surface area (Å²) in [5, 5.41) is 3.53. The van der Waals surface area contributed by atoms with Gasteiger partial charge in [-0.25, -0.2) is 9.97 Å². The van der Waals surface area contributed by atoms with Crippen LogP contribution in [-0.2, 0) is 23.6 Å². The molecular formula is C22H25N5O3S. The summed E-state index contributed by atoms with van der Waals surface area (Å²) >= 11 is 1.48. The van der Waals surface area contributed by atoms with Gasteiger partial charge in [0.05, 0.1) is 18.1 Å². The molecule has 0 aliphatic carbocycles. The first kappa shape index (κ1) is 21.3. The van der Waals surface area contributed by atoms with E-state index in [1.807, 2.05) is 24.3 Å². The van der Waals surface area contributed by atoms with Gasteiger partial charge in [0.25, 0.3) is 5.91 Å². The zero-order valence-electron chi connectivity index (χ0n) is 17.4. The Labute approximate surface area is 185 Å². The molecule has 0 bridgehead atoms. The van der Waals surface area contributed by atoms with Crippen molar-refractivity contribution in [1.29, 1.82) is 0 Å². The van der Waals surface area contributed by atoms with Gasteiger partial charge in [-0.2, -0.15) is 0 Å². The number of hydrogen-bond donors (Lipinski definition) is 1. The van der Waals surface area contributed by atoms with E-state index in [1.54, 1.807) is 25.6 Å². The number of aromatic nitrogens is 3. The van der Waals surface area contributed by atoms with Gasteiger partial charge in [-0.3, -0.25) is 9.78 Å². The van der Waals surface area contributed by atoms with Crippen LogP contribution in [0.5, 0.6) is 0 Å². The number of pyridine rings is 1. The van der Waals surface area contributed by atoms with E-state index in [1.165, 1.54) is 24.6 Å². The second kappa shape index (κ2) is 10.4. The van der Waals surface area contributed by atoms with Crippen LogP contribution in [0.4, 0.5) is 5.82 Å². The molecule has 31 heavy (non-hydrogen) atoms. The average Bonchev–Trinajstić information content (AvgIpc) is 3.49. The maximum Gasteiger partial charge on any atom is 0.287 e. The summed E-state index contributed by atoms with van der Waals surface area (Å²) in [4.78, 5) is 27.9. The fraction of sp³-hybridized carbons (Fsp3) is 0.364. The van der Waals surface area contributed by atoms with Gasteiger partial charge >= 0.3 is 0 Å². The molecule has 9 heteroatoms. The highest BCUT2D eigenvalue weighted by Gasteiger charge is 2.17. The summed E-state index contributed by atoms with van der Waals surface area (Å²) in [5.74, 6) is 2.22. The number of hydrogen-bond acceptors (Lipinski definition) is 8. The van der Waals surface area contributed by atoms with E-state index in [4.69, 9.17) is 14.1 Å². The van der Waals surface area contributed by atoms with Crippen molar-refractivity contribution in [3.63, 3.8) is 0 Å². The van der Waals surface area contributed by atoms with E-state index in [0.29, 0.717) is 29.8 Å². The number of carbonyl (C=O) groups excluding carboxylic acids is 1. The number of rotatable bonds is 9. The van der Waals surface area contributed by atoms with Crippen LogP contribution in [0.2, 0.25) is 0 Å². The molecule has 1 saturated heterocycles. The van der Waals surface area contributed by atoms with Crippen LogP contribution in [0.25, 0.3) is 0 Å². The third-order valence-corrected chi connectivity index (χ3v) is 5.77. The van der Waals surface area contributed by atoms with Crippen molar-refractivity contribution < 1.29 is 13.9 Å². The minimum Gasteiger partial charge on any atom is -0.455 e. The predicted molar refractivity (Wildman–Crippen MR) is 118 cm³/mol. The maximum atomic E-state index is 12.3. The number of nitrogens with one attached hydrogen (secondary N) is 1. The number of carbonyl (C=O) groups is 1. The second-order valence-electron chi connectivity index (χ2n) is 7.22. The summed E-state index contributed by atoms with van der Waals surface area (Å²) in [7, 11) is 1.66. The van der Waals surface area contributed by atoms with Crippen LogP contribution < -0.4 is 10.2 Å². The van der Waals surface area contributed by atoms with E-state index in [9.17, 15) is 4.79 Å². The minimum absolute atomic E-state index is 0.247. The Bertz CT molecular complexity index is 1010. The fourth-order valence-electron chi connectivity index (χ4n) is 3.34. The van der Waals surface area contributed by atoms with Gasteiger partial charge in [-0.05, 0) is 42.7 Å². The van der Waals surface area contributed by atoms with E-state index < -0.39 is 0 Å². The first-order valence-corrected chi connectivity index (χ1v) is 11.2. The number of thioether (sulfide) groups is 1. The molecule has 0 spiro atoms. The Hall–Kier alpha value is -2.91. The third-order valence-electron chi connectivity index (χ3n) is 4.90. The molecule has 0 aromatic carbocycles. The van der Waals surface area contributed by atoms with Crippen molar-refractivity contribution in [2.24, 2.45) is 0 Å². The number of nitrogens with zero attached hydrogens (tertiary/aromatic N) is 4. The number of anilines is 1. The van der Waals surface area contributed by atoms with Crippen molar-refractivity contribution >= 4 is 23.5 Å². The quantitative estimate of drug-likeness (QED) is 0.400. The van der Waals surface area contributed by atoms with Gasteiger partial charge < -0.3 is 19.4 Å². The molecule has 1 amide bonds. The molecule has 162 valence electrons. The molecule has 0 atom stereocenters. The van der Waals surface area contributed by atoms with Crippen LogP contribution >= 0.6 is 11.8 Å². The molecule has 4 heterocycles. The molecular weight excluding hydrogens is 414 g/mol. The van der Waals surface area contributed by atoms with Crippen molar-refractivity contribution in [3.05, 3.63) is 65.5 Å². The molecule has 1 N–H and O–H groups in total. The van der Waals surface area contributed by atoms with Gasteiger partial charge in [-0.15, -0.1) is 0 Å². The normalized spacial score (nSPS) is 13.5. The third kappa shape index (κ3) is 5.83. The second-order valence-corrected chi connectivity index (χ2v) is 8.16. The zero-order valence-corrected chi connectivity index (χ0v) is 18.2. The van der Waals surface area contributed by atoms with Gasteiger partial charge in [0.1, 0.15) is 11.6 Å². The smallest absolute Gasteiger partial charge is 0.287 e. The maximum absolute atomic E-state index is 12.3. The molecule has 0 radical (unpaired) electrons. The molecule has 3 aromatic rings.